The summed E-state index contributed by atoms with van der Waals surface area (Å²) in [5.41, 5.74) is 2.50. The first-order valence-corrected chi connectivity index (χ1v) is 6.65. The Kier molecular flexibility index (Phi) is 4.05. The monoisotopic (exact) mass is 255 g/mol. The average Bonchev–Trinajstić information content (AvgIpc) is 2.46. The van der Waals surface area contributed by atoms with Crippen molar-refractivity contribution < 1.29 is 0 Å². The summed E-state index contributed by atoms with van der Waals surface area (Å²) >= 11 is 0. The smallest absolute Gasteiger partial charge is 0.126 e. The van der Waals surface area contributed by atoms with Gasteiger partial charge in [-0.25, -0.2) is 4.98 Å². The second-order valence-corrected chi connectivity index (χ2v) is 4.57. The van der Waals surface area contributed by atoms with Crippen LogP contribution in [0.25, 0.3) is 16.5 Å². The molecule has 1 N–H and O–H groups in total. The largest absolute Gasteiger partial charge is 0.375 e. The number of allylic oxidation sites excluding steroid dienone is 1. The summed E-state index contributed by atoms with van der Waals surface area (Å²) in [6, 6.07) is 8.59. The predicted octanol–water partition coefficient (Wildman–Crippen LogP) is 3.59. The number of aromatic nitrogens is 1. The van der Waals surface area contributed by atoms with E-state index in [4.69, 9.17) is 0 Å². The Morgan fingerprint density at radius 1 is 1.32 bits per heavy atom. The van der Waals surface area contributed by atoms with Crippen LogP contribution in [0.15, 0.2) is 36.5 Å². The molecule has 1 heterocycles. The van der Waals surface area contributed by atoms with Crippen molar-refractivity contribution in [3.05, 3.63) is 42.1 Å². The average molecular weight is 255 g/mol. The number of nitrogens with zero attached hydrogens (tertiary/aromatic N) is 2. The second kappa shape index (κ2) is 5.74. The molecular weight excluding hydrogens is 234 g/mol. The molecule has 0 saturated carbocycles. The van der Waals surface area contributed by atoms with E-state index in [0.717, 1.165) is 17.7 Å². The van der Waals surface area contributed by atoms with Crippen molar-refractivity contribution in [2.24, 2.45) is 0 Å². The molecule has 0 amide bonds. The Hall–Kier alpha value is -2.03. The Labute approximate surface area is 115 Å². The molecule has 0 atom stereocenters. The minimum atomic E-state index is 0.899. The minimum Gasteiger partial charge on any atom is -0.375 e. The fourth-order valence-corrected chi connectivity index (χ4v) is 2.21. The van der Waals surface area contributed by atoms with Crippen LogP contribution in [-0.2, 0) is 0 Å². The predicted molar refractivity (Wildman–Crippen MR) is 83.2 cm³/mol. The molecule has 1 aromatic carbocycles. The lowest BCUT2D eigenvalue weighted by Gasteiger charge is -2.21. The van der Waals surface area contributed by atoms with E-state index in [0.29, 0.717) is 0 Å². The van der Waals surface area contributed by atoms with E-state index in [1.807, 2.05) is 13.2 Å². The Morgan fingerprint density at radius 3 is 2.74 bits per heavy atom. The van der Waals surface area contributed by atoms with Crippen LogP contribution in [-0.4, -0.2) is 30.5 Å². The molecule has 100 valence electrons. The second-order valence-electron chi connectivity index (χ2n) is 4.57. The maximum absolute atomic E-state index is 4.34. The molecule has 0 radical (unpaired) electrons. The molecule has 2 aromatic rings. The molecule has 19 heavy (non-hydrogen) atoms. The van der Waals surface area contributed by atoms with Crippen molar-refractivity contribution in [1.82, 2.24) is 9.88 Å². The highest BCUT2D eigenvalue weighted by Gasteiger charge is 2.06. The lowest BCUT2D eigenvalue weighted by atomic mass is 10.1. The maximum Gasteiger partial charge on any atom is 0.126 e. The van der Waals surface area contributed by atoms with Gasteiger partial charge in [-0.1, -0.05) is 18.2 Å². The van der Waals surface area contributed by atoms with E-state index in [9.17, 15) is 0 Å². The zero-order valence-electron chi connectivity index (χ0n) is 12.1. The molecule has 3 nitrogen and oxygen atoms in total. The zero-order valence-corrected chi connectivity index (χ0v) is 12.1. The first-order valence-electron chi connectivity index (χ1n) is 6.65. The van der Waals surface area contributed by atoms with E-state index in [2.05, 4.69) is 66.4 Å². The topological polar surface area (TPSA) is 28.2 Å². The molecule has 2 rings (SSSR count). The zero-order chi connectivity index (χ0) is 13.8. The molecule has 0 saturated heterocycles. The van der Waals surface area contributed by atoms with Crippen molar-refractivity contribution in [3.63, 3.8) is 0 Å². The van der Waals surface area contributed by atoms with E-state index < -0.39 is 0 Å². The quantitative estimate of drug-likeness (QED) is 0.905. The number of nitrogens with one attached hydrogen (secondary N) is 1. The number of pyridine rings is 1. The Bertz CT molecular complexity index is 602. The van der Waals surface area contributed by atoms with Gasteiger partial charge < -0.3 is 10.2 Å². The van der Waals surface area contributed by atoms with Crippen molar-refractivity contribution in [2.75, 3.05) is 26.0 Å². The molecule has 0 aliphatic heterocycles. The number of rotatable bonds is 4. The van der Waals surface area contributed by atoms with E-state index in [-0.39, 0.29) is 0 Å². The summed E-state index contributed by atoms with van der Waals surface area (Å²) in [6.07, 6.45) is 4.06. The molecule has 0 aliphatic carbocycles. The van der Waals surface area contributed by atoms with Crippen LogP contribution in [0.3, 0.4) is 0 Å². The van der Waals surface area contributed by atoms with Crippen LogP contribution in [0, 0.1) is 0 Å². The summed E-state index contributed by atoms with van der Waals surface area (Å²) in [6.45, 7) is 5.24. The molecule has 3 heteroatoms. The molecule has 1 aromatic heterocycles. The number of anilines is 1. The number of fused-ring (bicyclic) bond motifs is 1. The normalized spacial score (nSPS) is 11.7. The lowest BCUT2D eigenvalue weighted by molar-refractivity contribution is 0.508. The number of hydrogen-bond donors (Lipinski definition) is 1. The van der Waals surface area contributed by atoms with Crippen molar-refractivity contribution >= 4 is 22.3 Å². The highest BCUT2D eigenvalue weighted by molar-refractivity contribution is 5.87. The van der Waals surface area contributed by atoms with Gasteiger partial charge in [0.1, 0.15) is 5.82 Å². The van der Waals surface area contributed by atoms with Gasteiger partial charge in [-0.05, 0) is 36.9 Å². The molecule has 0 bridgehead atoms. The first kappa shape index (κ1) is 13.4. The fraction of sp³-hybridized carbons (Fsp3) is 0.312. The van der Waals surface area contributed by atoms with Crippen LogP contribution in [0.5, 0.6) is 0 Å². The fourth-order valence-electron chi connectivity index (χ4n) is 2.21. The van der Waals surface area contributed by atoms with Gasteiger partial charge in [-0.2, -0.15) is 0 Å². The third-order valence-corrected chi connectivity index (χ3v) is 3.43. The molecule has 0 unspecified atom stereocenters. The highest BCUT2D eigenvalue weighted by atomic mass is 15.1. The molecular formula is C16H21N3. The van der Waals surface area contributed by atoms with Crippen LogP contribution >= 0.6 is 0 Å². The third-order valence-electron chi connectivity index (χ3n) is 3.43. The summed E-state index contributed by atoms with van der Waals surface area (Å²) < 4.78 is 0. The highest BCUT2D eigenvalue weighted by Crippen LogP contribution is 2.24. The Morgan fingerprint density at radius 2 is 2.11 bits per heavy atom. The van der Waals surface area contributed by atoms with E-state index in [1.165, 1.54) is 16.6 Å². The van der Waals surface area contributed by atoms with Gasteiger partial charge in [-0.15, -0.1) is 0 Å². The van der Waals surface area contributed by atoms with Crippen molar-refractivity contribution in [3.8, 4) is 0 Å². The van der Waals surface area contributed by atoms with Gasteiger partial charge in [0.05, 0.1) is 0 Å². The van der Waals surface area contributed by atoms with Crippen LogP contribution in [0.2, 0.25) is 0 Å². The van der Waals surface area contributed by atoms with Crippen LogP contribution in [0.1, 0.15) is 19.4 Å². The minimum absolute atomic E-state index is 0.899. The summed E-state index contributed by atoms with van der Waals surface area (Å²) in [5, 5.41) is 5.45. The van der Waals surface area contributed by atoms with Gasteiger partial charge in [0.15, 0.2) is 0 Å². The van der Waals surface area contributed by atoms with Gasteiger partial charge in [0.2, 0.25) is 0 Å². The van der Waals surface area contributed by atoms with E-state index in [1.54, 1.807) is 0 Å². The van der Waals surface area contributed by atoms with Crippen LogP contribution in [0.4, 0.5) is 5.82 Å². The number of benzene rings is 1. The SMILES string of the molecule is C/C=C(/c1ccc2cnc(NC)cc2c1)N(C)CC. The van der Waals surface area contributed by atoms with Gasteiger partial charge >= 0.3 is 0 Å². The van der Waals surface area contributed by atoms with Crippen molar-refractivity contribution in [1.29, 1.82) is 0 Å². The summed E-state index contributed by atoms with van der Waals surface area (Å²) in [5.74, 6) is 0.899. The van der Waals surface area contributed by atoms with E-state index >= 15 is 0 Å². The third kappa shape index (κ3) is 2.70. The molecule has 0 spiro atoms. The van der Waals surface area contributed by atoms with Crippen LogP contribution < -0.4 is 5.32 Å². The van der Waals surface area contributed by atoms with Gasteiger partial charge in [0, 0.05) is 37.9 Å². The Balaban J connectivity index is 2.50. The van der Waals surface area contributed by atoms with Gasteiger partial charge in [0.25, 0.3) is 0 Å². The standard InChI is InChI=1S/C16H21N3/c1-5-15(19(4)6-2)12-7-8-13-11-18-16(17-3)10-14(13)9-12/h5,7-11H,6H2,1-4H3,(H,17,18)/b15-5-. The molecule has 0 aliphatic rings. The first-order chi connectivity index (χ1) is 9.19. The van der Waals surface area contributed by atoms with Crippen molar-refractivity contribution in [2.45, 2.75) is 13.8 Å². The number of hydrogen-bond acceptors (Lipinski definition) is 3. The van der Waals surface area contributed by atoms with Gasteiger partial charge in [-0.3, -0.25) is 0 Å². The maximum atomic E-state index is 4.34. The summed E-state index contributed by atoms with van der Waals surface area (Å²) in [4.78, 5) is 6.59. The lowest BCUT2D eigenvalue weighted by Crippen LogP contribution is -2.15. The summed E-state index contributed by atoms with van der Waals surface area (Å²) in [7, 11) is 4.01. The molecule has 0 fully saturated rings.